The lowest BCUT2D eigenvalue weighted by molar-refractivity contribution is -0.121. The fourth-order valence-corrected chi connectivity index (χ4v) is 3.59. The van der Waals surface area contributed by atoms with Gasteiger partial charge in [-0.05, 0) is 29.4 Å². The van der Waals surface area contributed by atoms with Crippen molar-refractivity contribution in [3.63, 3.8) is 0 Å². The maximum atomic E-state index is 12.0. The summed E-state index contributed by atoms with van der Waals surface area (Å²) in [6.45, 7) is 9.17. The molecule has 3 amide bonds. The normalized spacial score (nSPS) is 20.6. The molecular weight excluding hydrogens is 316 g/mol. The zero-order valence-electron chi connectivity index (χ0n) is 15.4. The quantitative estimate of drug-likeness (QED) is 0.699. The Bertz CT molecular complexity index is 603. The number of likely N-dealkylation sites (tertiary alicyclic amines) is 1. The van der Waals surface area contributed by atoms with Gasteiger partial charge in [0.15, 0.2) is 0 Å². The molecule has 1 saturated heterocycles. The summed E-state index contributed by atoms with van der Waals surface area (Å²) in [5, 5.41) is 5.40. The molecule has 1 heterocycles. The molecule has 6 nitrogen and oxygen atoms in total. The van der Waals surface area contributed by atoms with Gasteiger partial charge in [-0.1, -0.05) is 45.0 Å². The van der Waals surface area contributed by atoms with Crippen LogP contribution >= 0.6 is 0 Å². The van der Waals surface area contributed by atoms with Crippen molar-refractivity contribution in [1.82, 2.24) is 15.5 Å². The number of nitrogens with zero attached hydrogens (tertiary/aromatic N) is 1. The molecule has 6 heteroatoms. The fourth-order valence-electron chi connectivity index (χ4n) is 3.59. The van der Waals surface area contributed by atoms with E-state index in [0.717, 1.165) is 26.1 Å². The average molecular weight is 346 g/mol. The monoisotopic (exact) mass is 346 g/mol. The summed E-state index contributed by atoms with van der Waals surface area (Å²) in [7, 11) is 0. The first-order valence-corrected chi connectivity index (χ1v) is 9.02. The van der Waals surface area contributed by atoms with E-state index in [-0.39, 0.29) is 18.5 Å². The molecule has 25 heavy (non-hydrogen) atoms. The van der Waals surface area contributed by atoms with Crippen molar-refractivity contribution in [2.24, 2.45) is 17.6 Å². The van der Waals surface area contributed by atoms with E-state index in [4.69, 9.17) is 5.73 Å². The zero-order chi connectivity index (χ0) is 18.4. The largest absolute Gasteiger partial charge is 0.352 e. The summed E-state index contributed by atoms with van der Waals surface area (Å²) in [6.07, 6.45) is 1.02. The second-order valence-corrected chi connectivity index (χ2v) is 7.12. The first kappa shape index (κ1) is 19.2. The Morgan fingerprint density at radius 2 is 1.92 bits per heavy atom. The van der Waals surface area contributed by atoms with E-state index >= 15 is 0 Å². The minimum atomic E-state index is -0.681. The highest BCUT2D eigenvalue weighted by Crippen LogP contribution is 2.26. The molecule has 4 N–H and O–H groups in total. The Morgan fingerprint density at radius 1 is 1.24 bits per heavy atom. The van der Waals surface area contributed by atoms with Crippen molar-refractivity contribution in [2.45, 2.75) is 39.8 Å². The SMILES string of the molecule is CCc1ccccc1CN1C[C@@H](NC(=O)CNC(N)=O)[C@H](C(C)C)C1. The highest BCUT2D eigenvalue weighted by Gasteiger charge is 2.35. The van der Waals surface area contributed by atoms with Gasteiger partial charge in [-0.25, -0.2) is 4.79 Å². The molecule has 0 aliphatic carbocycles. The lowest BCUT2D eigenvalue weighted by Crippen LogP contribution is -2.47. The van der Waals surface area contributed by atoms with E-state index < -0.39 is 6.03 Å². The third kappa shape index (κ3) is 5.46. The molecule has 0 aromatic heterocycles. The van der Waals surface area contributed by atoms with Crippen LogP contribution in [0, 0.1) is 11.8 Å². The van der Waals surface area contributed by atoms with Gasteiger partial charge in [0.25, 0.3) is 0 Å². The van der Waals surface area contributed by atoms with Gasteiger partial charge in [-0.2, -0.15) is 0 Å². The topological polar surface area (TPSA) is 87.5 Å². The van der Waals surface area contributed by atoms with Crippen molar-refractivity contribution in [3.05, 3.63) is 35.4 Å². The van der Waals surface area contributed by atoms with Crippen molar-refractivity contribution >= 4 is 11.9 Å². The fraction of sp³-hybridized carbons (Fsp3) is 0.579. The standard InChI is InChI=1S/C19H30N4O2/c1-4-14-7-5-6-8-15(14)10-23-11-16(13(2)3)17(12-23)22-18(24)9-21-19(20)25/h5-8,13,16-17H,4,9-12H2,1-3H3,(H,22,24)(H3,20,21,25)/t16-,17+/m0/s1. The summed E-state index contributed by atoms with van der Waals surface area (Å²) >= 11 is 0. The van der Waals surface area contributed by atoms with Gasteiger partial charge in [-0.3, -0.25) is 9.69 Å². The molecule has 0 saturated carbocycles. The van der Waals surface area contributed by atoms with Crippen LogP contribution in [-0.2, 0) is 17.8 Å². The number of rotatable bonds is 7. The Kier molecular flexibility index (Phi) is 6.82. The second-order valence-electron chi connectivity index (χ2n) is 7.12. The highest BCUT2D eigenvalue weighted by atomic mass is 16.2. The van der Waals surface area contributed by atoms with Gasteiger partial charge in [0.2, 0.25) is 5.91 Å². The lowest BCUT2D eigenvalue weighted by Gasteiger charge is -2.23. The number of primary amides is 1. The average Bonchev–Trinajstić information content (AvgIpc) is 2.96. The van der Waals surface area contributed by atoms with Crippen LogP contribution in [0.4, 0.5) is 4.79 Å². The van der Waals surface area contributed by atoms with Crippen molar-refractivity contribution < 1.29 is 9.59 Å². The van der Waals surface area contributed by atoms with Crippen LogP contribution in [0.2, 0.25) is 0 Å². The maximum Gasteiger partial charge on any atom is 0.312 e. The molecule has 0 radical (unpaired) electrons. The van der Waals surface area contributed by atoms with Gasteiger partial charge in [0.1, 0.15) is 0 Å². The molecule has 0 unspecified atom stereocenters. The van der Waals surface area contributed by atoms with Crippen LogP contribution in [0.15, 0.2) is 24.3 Å². The molecule has 0 spiro atoms. The third-order valence-corrected chi connectivity index (χ3v) is 4.96. The first-order valence-electron chi connectivity index (χ1n) is 9.02. The predicted octanol–water partition coefficient (Wildman–Crippen LogP) is 1.49. The molecule has 1 aromatic carbocycles. The van der Waals surface area contributed by atoms with Crippen LogP contribution in [0.25, 0.3) is 0 Å². The minimum Gasteiger partial charge on any atom is -0.352 e. The van der Waals surface area contributed by atoms with Crippen LogP contribution in [-0.4, -0.2) is 42.5 Å². The first-order chi connectivity index (χ1) is 11.9. The molecule has 138 valence electrons. The molecule has 2 rings (SSSR count). The number of aryl methyl sites for hydroxylation is 1. The third-order valence-electron chi connectivity index (χ3n) is 4.96. The number of hydrogen-bond acceptors (Lipinski definition) is 3. The van der Waals surface area contributed by atoms with E-state index in [1.807, 2.05) is 0 Å². The van der Waals surface area contributed by atoms with Crippen LogP contribution in [0.1, 0.15) is 31.9 Å². The molecular formula is C19H30N4O2. The van der Waals surface area contributed by atoms with E-state index in [9.17, 15) is 9.59 Å². The number of benzene rings is 1. The molecule has 2 atom stereocenters. The summed E-state index contributed by atoms with van der Waals surface area (Å²) in [5.74, 6) is 0.678. The molecule has 0 bridgehead atoms. The van der Waals surface area contributed by atoms with E-state index in [2.05, 4.69) is 60.6 Å². The smallest absolute Gasteiger partial charge is 0.312 e. The van der Waals surface area contributed by atoms with Gasteiger partial charge >= 0.3 is 6.03 Å². The number of carbonyl (C=O) groups is 2. The molecule has 1 aliphatic rings. The number of nitrogens with one attached hydrogen (secondary N) is 2. The highest BCUT2D eigenvalue weighted by molar-refractivity contribution is 5.83. The number of urea groups is 1. The second kappa shape index (κ2) is 8.85. The van der Waals surface area contributed by atoms with Crippen LogP contribution in [0.5, 0.6) is 0 Å². The Labute approximate surface area is 150 Å². The number of amides is 3. The number of carbonyl (C=O) groups excluding carboxylic acids is 2. The lowest BCUT2D eigenvalue weighted by atomic mass is 9.91. The molecule has 1 aliphatic heterocycles. The van der Waals surface area contributed by atoms with E-state index in [1.165, 1.54) is 11.1 Å². The minimum absolute atomic E-state index is 0.0741. The summed E-state index contributed by atoms with van der Waals surface area (Å²) in [6, 6.07) is 7.94. The Hall–Kier alpha value is -2.08. The van der Waals surface area contributed by atoms with Gasteiger partial charge < -0.3 is 16.4 Å². The van der Waals surface area contributed by atoms with Crippen LogP contribution in [0.3, 0.4) is 0 Å². The van der Waals surface area contributed by atoms with E-state index in [1.54, 1.807) is 0 Å². The Balaban J connectivity index is 1.99. The van der Waals surface area contributed by atoms with Crippen molar-refractivity contribution in [2.75, 3.05) is 19.6 Å². The Morgan fingerprint density at radius 3 is 2.52 bits per heavy atom. The summed E-state index contributed by atoms with van der Waals surface area (Å²) < 4.78 is 0. The van der Waals surface area contributed by atoms with Crippen molar-refractivity contribution in [1.29, 1.82) is 0 Å². The molecule has 1 aromatic rings. The van der Waals surface area contributed by atoms with Crippen molar-refractivity contribution in [3.8, 4) is 0 Å². The summed E-state index contributed by atoms with van der Waals surface area (Å²) in [5.41, 5.74) is 7.75. The van der Waals surface area contributed by atoms with Gasteiger partial charge in [0.05, 0.1) is 6.54 Å². The predicted molar refractivity (Wildman–Crippen MR) is 98.9 cm³/mol. The number of nitrogens with two attached hydrogens (primary N) is 1. The summed E-state index contributed by atoms with van der Waals surface area (Å²) in [4.78, 5) is 25.2. The van der Waals surface area contributed by atoms with Crippen LogP contribution < -0.4 is 16.4 Å². The zero-order valence-corrected chi connectivity index (χ0v) is 15.4. The number of hydrogen-bond donors (Lipinski definition) is 3. The van der Waals surface area contributed by atoms with Gasteiger partial charge in [0, 0.05) is 25.7 Å². The van der Waals surface area contributed by atoms with Gasteiger partial charge in [-0.15, -0.1) is 0 Å². The maximum absolute atomic E-state index is 12.0. The van der Waals surface area contributed by atoms with E-state index in [0.29, 0.717) is 11.8 Å². The molecule has 1 fully saturated rings.